The predicted molar refractivity (Wildman–Crippen MR) is 53.5 cm³/mol. The molecular weight excluding hydrogens is 253 g/mol. The third-order valence-corrected chi connectivity index (χ3v) is 3.17. The number of rotatable bonds is 3. The average Bonchev–Trinajstić information content (AvgIpc) is 2.62. The number of ether oxygens (including phenoxy) is 1. The Morgan fingerprint density at radius 2 is 2.22 bits per heavy atom. The molecule has 0 bridgehead atoms. The zero-order valence-corrected chi connectivity index (χ0v) is 9.28. The number of nitrogens with zero attached hydrogens (tertiary/aromatic N) is 2. The van der Waals surface area contributed by atoms with Crippen LogP contribution in [-0.2, 0) is 0 Å². The lowest BCUT2D eigenvalue weighted by Gasteiger charge is -2.42. The molecule has 0 amide bonds. The van der Waals surface area contributed by atoms with Crippen LogP contribution in [0.15, 0.2) is 12.3 Å². The molecule has 0 spiro atoms. The van der Waals surface area contributed by atoms with Gasteiger partial charge in [0.15, 0.2) is 0 Å². The molecule has 0 aromatic carbocycles. The zero-order chi connectivity index (χ0) is 13.4. The van der Waals surface area contributed by atoms with E-state index >= 15 is 0 Å². The predicted octanol–water partition coefficient (Wildman–Crippen LogP) is 2.52. The van der Waals surface area contributed by atoms with Gasteiger partial charge in [-0.05, 0) is 12.8 Å². The summed E-state index contributed by atoms with van der Waals surface area (Å²) in [6.07, 6.45) is -3.92. The normalized spacial score (nSPS) is 18.2. The van der Waals surface area contributed by atoms with Crippen molar-refractivity contribution in [3.8, 4) is 5.88 Å². The van der Waals surface area contributed by atoms with Crippen molar-refractivity contribution in [3.05, 3.63) is 12.3 Å². The van der Waals surface area contributed by atoms with Crippen molar-refractivity contribution in [2.24, 2.45) is 5.41 Å². The van der Waals surface area contributed by atoms with Crippen molar-refractivity contribution in [1.82, 2.24) is 9.78 Å². The zero-order valence-electron chi connectivity index (χ0n) is 9.28. The Morgan fingerprint density at radius 3 is 2.61 bits per heavy atom. The van der Waals surface area contributed by atoms with Crippen molar-refractivity contribution in [1.29, 1.82) is 0 Å². The monoisotopic (exact) mass is 264 g/mol. The van der Waals surface area contributed by atoms with Crippen molar-refractivity contribution in [2.75, 3.05) is 6.61 Å². The SMILES string of the molecule is O=C(O)n1ccc(OCC2(C(F)(F)F)CCC2)n1. The summed E-state index contributed by atoms with van der Waals surface area (Å²) in [6.45, 7) is -0.521. The van der Waals surface area contributed by atoms with E-state index in [0.29, 0.717) is 11.1 Å². The van der Waals surface area contributed by atoms with E-state index in [0.717, 1.165) is 6.20 Å². The van der Waals surface area contributed by atoms with Gasteiger partial charge in [0.1, 0.15) is 12.0 Å². The van der Waals surface area contributed by atoms with Crippen molar-refractivity contribution < 1.29 is 27.8 Å². The highest BCUT2D eigenvalue weighted by molar-refractivity contribution is 5.66. The van der Waals surface area contributed by atoms with E-state index in [9.17, 15) is 18.0 Å². The van der Waals surface area contributed by atoms with Gasteiger partial charge in [-0.1, -0.05) is 6.42 Å². The average molecular weight is 264 g/mol. The fourth-order valence-electron chi connectivity index (χ4n) is 1.82. The third-order valence-electron chi connectivity index (χ3n) is 3.17. The fourth-order valence-corrected chi connectivity index (χ4v) is 1.82. The molecule has 0 aliphatic heterocycles. The maximum Gasteiger partial charge on any atom is 0.432 e. The maximum absolute atomic E-state index is 12.8. The van der Waals surface area contributed by atoms with Crippen LogP contribution in [0.5, 0.6) is 5.88 Å². The molecule has 0 unspecified atom stereocenters. The lowest BCUT2D eigenvalue weighted by Crippen LogP contribution is -2.48. The van der Waals surface area contributed by atoms with Crippen LogP contribution in [0.4, 0.5) is 18.0 Å². The van der Waals surface area contributed by atoms with E-state index in [1.807, 2.05) is 0 Å². The molecular formula is C10H11F3N2O3. The second-order valence-corrected chi connectivity index (χ2v) is 4.30. The molecule has 1 aliphatic rings. The van der Waals surface area contributed by atoms with E-state index in [2.05, 4.69) is 5.10 Å². The Morgan fingerprint density at radius 1 is 1.56 bits per heavy atom. The maximum atomic E-state index is 12.8. The summed E-state index contributed by atoms with van der Waals surface area (Å²) in [6, 6.07) is 1.22. The minimum atomic E-state index is -4.30. The Balaban J connectivity index is 2.00. The molecule has 8 heteroatoms. The highest BCUT2D eigenvalue weighted by atomic mass is 19.4. The minimum Gasteiger partial charge on any atom is -0.476 e. The Hall–Kier alpha value is -1.73. The van der Waals surface area contributed by atoms with Gasteiger partial charge in [0.2, 0.25) is 5.88 Å². The molecule has 1 aliphatic carbocycles. The van der Waals surface area contributed by atoms with Crippen LogP contribution in [0, 0.1) is 5.41 Å². The van der Waals surface area contributed by atoms with Gasteiger partial charge in [0.05, 0.1) is 0 Å². The molecule has 100 valence electrons. The molecule has 1 fully saturated rings. The number of hydrogen-bond acceptors (Lipinski definition) is 3. The number of carbonyl (C=O) groups is 1. The molecule has 2 rings (SSSR count). The molecule has 5 nitrogen and oxygen atoms in total. The number of hydrogen-bond donors (Lipinski definition) is 1. The lowest BCUT2D eigenvalue weighted by molar-refractivity contribution is -0.259. The minimum absolute atomic E-state index is 0.0378. The van der Waals surface area contributed by atoms with Gasteiger partial charge in [0.25, 0.3) is 0 Å². The van der Waals surface area contributed by atoms with E-state index in [1.165, 1.54) is 6.07 Å². The van der Waals surface area contributed by atoms with Crippen molar-refractivity contribution in [2.45, 2.75) is 25.4 Å². The summed E-state index contributed by atoms with van der Waals surface area (Å²) in [5.41, 5.74) is -1.81. The highest BCUT2D eigenvalue weighted by Gasteiger charge is 2.58. The van der Waals surface area contributed by atoms with E-state index in [-0.39, 0.29) is 18.7 Å². The molecule has 1 N–H and O–H groups in total. The quantitative estimate of drug-likeness (QED) is 0.911. The van der Waals surface area contributed by atoms with Crippen molar-refractivity contribution >= 4 is 6.09 Å². The fraction of sp³-hybridized carbons (Fsp3) is 0.600. The largest absolute Gasteiger partial charge is 0.476 e. The first-order chi connectivity index (χ1) is 8.34. The lowest BCUT2D eigenvalue weighted by atomic mass is 9.69. The van der Waals surface area contributed by atoms with Crippen molar-refractivity contribution in [3.63, 3.8) is 0 Å². The number of alkyl halides is 3. The number of carboxylic acid groups (broad SMARTS) is 1. The first-order valence-corrected chi connectivity index (χ1v) is 5.33. The van der Waals surface area contributed by atoms with Crippen LogP contribution >= 0.6 is 0 Å². The Kier molecular flexibility index (Phi) is 2.95. The summed E-state index contributed by atoms with van der Waals surface area (Å²) in [5, 5.41) is 12.1. The van der Waals surface area contributed by atoms with Crippen LogP contribution in [0.3, 0.4) is 0 Å². The summed E-state index contributed by atoms with van der Waals surface area (Å²) >= 11 is 0. The van der Waals surface area contributed by atoms with Crippen LogP contribution in [0.2, 0.25) is 0 Å². The van der Waals surface area contributed by atoms with Crippen LogP contribution < -0.4 is 4.74 Å². The smallest absolute Gasteiger partial charge is 0.432 e. The summed E-state index contributed by atoms with van der Waals surface area (Å²) in [4.78, 5) is 10.5. The highest BCUT2D eigenvalue weighted by Crippen LogP contribution is 2.52. The van der Waals surface area contributed by atoms with Crippen LogP contribution in [0.25, 0.3) is 0 Å². The summed E-state index contributed by atoms with van der Waals surface area (Å²) in [7, 11) is 0. The van der Waals surface area contributed by atoms with Gasteiger partial charge in [-0.25, -0.2) is 4.79 Å². The van der Waals surface area contributed by atoms with Gasteiger partial charge in [-0.2, -0.15) is 17.9 Å². The topological polar surface area (TPSA) is 64.3 Å². The summed E-state index contributed by atoms with van der Waals surface area (Å²) < 4.78 is 43.9. The van der Waals surface area contributed by atoms with Crippen LogP contribution in [0.1, 0.15) is 19.3 Å². The molecule has 0 saturated heterocycles. The van der Waals surface area contributed by atoms with E-state index in [4.69, 9.17) is 9.84 Å². The molecule has 0 atom stereocenters. The van der Waals surface area contributed by atoms with Gasteiger partial charge >= 0.3 is 12.3 Å². The Bertz CT molecular complexity index is 451. The second kappa shape index (κ2) is 4.18. The van der Waals surface area contributed by atoms with Gasteiger partial charge in [0, 0.05) is 12.3 Å². The van der Waals surface area contributed by atoms with Gasteiger partial charge < -0.3 is 9.84 Å². The molecule has 1 aromatic heterocycles. The van der Waals surface area contributed by atoms with Gasteiger partial charge in [-0.15, -0.1) is 5.10 Å². The van der Waals surface area contributed by atoms with E-state index in [1.54, 1.807) is 0 Å². The first kappa shape index (κ1) is 12.7. The summed E-state index contributed by atoms with van der Waals surface area (Å²) in [5.74, 6) is -0.118. The van der Waals surface area contributed by atoms with E-state index < -0.39 is 24.3 Å². The Labute approximate surface area is 100 Å². The molecule has 1 saturated carbocycles. The second-order valence-electron chi connectivity index (χ2n) is 4.30. The number of aromatic nitrogens is 2. The molecule has 1 aromatic rings. The molecule has 18 heavy (non-hydrogen) atoms. The first-order valence-electron chi connectivity index (χ1n) is 5.33. The van der Waals surface area contributed by atoms with Gasteiger partial charge in [-0.3, -0.25) is 0 Å². The molecule has 0 radical (unpaired) electrons. The van der Waals surface area contributed by atoms with Crippen LogP contribution in [-0.4, -0.2) is 33.8 Å². The number of halogens is 3. The standard InChI is InChI=1S/C10H11F3N2O3/c11-10(12,13)9(3-1-4-9)6-18-7-2-5-15(14-7)8(16)17/h2,5H,1,3-4,6H2,(H,16,17). The molecule has 1 heterocycles. The third kappa shape index (κ3) is 2.14.